The second-order valence-corrected chi connectivity index (χ2v) is 17.3. The summed E-state index contributed by atoms with van der Waals surface area (Å²) in [6.45, 7) is 2.28. The molecule has 10 aromatic carbocycles. The van der Waals surface area contributed by atoms with Crippen LogP contribution in [0, 0.1) is 0 Å². The Hall–Kier alpha value is -8.74. The fourth-order valence-corrected chi connectivity index (χ4v) is 9.82. The molecule has 0 aliphatic rings. The van der Waals surface area contributed by atoms with E-state index in [1.54, 1.807) is 0 Å². The summed E-state index contributed by atoms with van der Waals surface area (Å²) in [5.41, 5.74) is 13.5. The Bertz CT molecular complexity index is 3510. The van der Waals surface area contributed by atoms with Gasteiger partial charge in [0.2, 0.25) is 12.7 Å². The number of aromatic nitrogens is 4. The van der Waals surface area contributed by atoms with E-state index < -0.39 is 0 Å². The smallest absolute Gasteiger partial charge is 0.250 e. The minimum atomic E-state index is 0.505. The van der Waals surface area contributed by atoms with Gasteiger partial charge in [0.1, 0.15) is 49.2 Å². The van der Waals surface area contributed by atoms with Crippen LogP contribution in [0.1, 0.15) is 22.3 Å². The average molecular weight is 881 g/mol. The largest absolute Gasteiger partial charge is 0.488 e. The van der Waals surface area contributed by atoms with E-state index in [-0.39, 0.29) is 0 Å². The van der Waals surface area contributed by atoms with E-state index >= 15 is 0 Å². The van der Waals surface area contributed by atoms with E-state index in [0.29, 0.717) is 26.3 Å². The van der Waals surface area contributed by atoms with Gasteiger partial charge in [0.25, 0.3) is 0 Å². The average Bonchev–Trinajstić information content (AvgIpc) is 3.96. The van der Waals surface area contributed by atoms with E-state index in [2.05, 4.69) is 249 Å². The molecule has 0 bridgehead atoms. The van der Waals surface area contributed by atoms with Gasteiger partial charge in [-0.25, -0.2) is 9.13 Å². The Morgan fingerprint density at radius 2 is 0.721 bits per heavy atom. The number of ether oxygens (including phenoxy) is 2. The summed E-state index contributed by atoms with van der Waals surface area (Å²) in [5, 5.41) is 4.72. The van der Waals surface area contributed by atoms with Crippen LogP contribution >= 0.6 is 0 Å². The lowest BCUT2D eigenvalue weighted by molar-refractivity contribution is -0.663. The Morgan fingerprint density at radius 3 is 1.19 bits per heavy atom. The topological polar surface area (TPSA) is 36.1 Å². The number of para-hydroxylation sites is 6. The Morgan fingerprint density at radius 1 is 0.338 bits per heavy atom. The van der Waals surface area contributed by atoms with Gasteiger partial charge in [-0.2, -0.15) is 9.13 Å². The van der Waals surface area contributed by atoms with Gasteiger partial charge in [0.15, 0.2) is 22.1 Å². The van der Waals surface area contributed by atoms with Crippen molar-refractivity contribution in [1.82, 2.24) is 9.13 Å². The van der Waals surface area contributed by atoms with Crippen LogP contribution in [-0.4, -0.2) is 9.13 Å². The van der Waals surface area contributed by atoms with Crippen LogP contribution in [0.25, 0.3) is 66.1 Å². The monoisotopic (exact) mass is 880 g/mol. The van der Waals surface area contributed by atoms with E-state index in [0.717, 1.165) is 67.2 Å². The molecule has 0 aliphatic heterocycles. The molecule has 0 fully saturated rings. The first-order valence-corrected chi connectivity index (χ1v) is 23.3. The molecule has 2 heterocycles. The normalized spacial score (nSPS) is 11.5. The molecule has 12 rings (SSSR count). The van der Waals surface area contributed by atoms with E-state index in [9.17, 15) is 0 Å². The maximum Gasteiger partial charge on any atom is 0.250 e. The number of benzene rings is 10. The summed E-state index contributed by atoms with van der Waals surface area (Å²) < 4.78 is 22.5. The molecule has 0 saturated heterocycles. The van der Waals surface area contributed by atoms with Crippen LogP contribution < -0.4 is 18.6 Å². The van der Waals surface area contributed by atoms with Gasteiger partial charge in [0.05, 0.1) is 0 Å². The number of hydrogen-bond donors (Lipinski definition) is 0. The molecule has 2 aromatic heterocycles. The molecular formula is C62H48N4O2+2. The molecule has 326 valence electrons. The molecule has 0 aliphatic carbocycles. The Labute approximate surface area is 395 Å². The van der Waals surface area contributed by atoms with Gasteiger partial charge < -0.3 is 9.47 Å². The zero-order valence-corrected chi connectivity index (χ0v) is 37.5. The molecule has 0 spiro atoms. The zero-order valence-electron chi connectivity index (χ0n) is 37.5. The van der Waals surface area contributed by atoms with Crippen molar-refractivity contribution < 1.29 is 18.6 Å². The molecule has 0 amide bonds. The molecule has 0 unspecified atom stereocenters. The molecular weight excluding hydrogens is 833 g/mol. The van der Waals surface area contributed by atoms with Crippen molar-refractivity contribution in [3.05, 3.63) is 265 Å². The highest BCUT2D eigenvalue weighted by Gasteiger charge is 2.28. The highest BCUT2D eigenvalue weighted by molar-refractivity contribution is 6.11. The van der Waals surface area contributed by atoms with Crippen molar-refractivity contribution in [2.45, 2.75) is 26.3 Å². The molecule has 0 saturated carbocycles. The lowest BCUT2D eigenvalue weighted by Gasteiger charge is -2.16. The van der Waals surface area contributed by atoms with Crippen LogP contribution in [-0.2, 0) is 26.3 Å². The number of rotatable bonds is 13. The molecule has 68 heavy (non-hydrogen) atoms. The van der Waals surface area contributed by atoms with Crippen LogP contribution in [0.2, 0.25) is 0 Å². The second kappa shape index (κ2) is 17.9. The van der Waals surface area contributed by atoms with Gasteiger partial charge in [0, 0.05) is 22.3 Å². The van der Waals surface area contributed by atoms with Crippen molar-refractivity contribution in [2.75, 3.05) is 0 Å². The van der Waals surface area contributed by atoms with Gasteiger partial charge >= 0.3 is 0 Å². The fraction of sp³-hybridized carbons (Fsp3) is 0.0645. The third-order valence-corrected chi connectivity index (χ3v) is 13.1. The minimum Gasteiger partial charge on any atom is -0.488 e. The quantitative estimate of drug-likeness (QED) is 0.108. The zero-order chi connectivity index (χ0) is 45.2. The minimum absolute atomic E-state index is 0.505. The third kappa shape index (κ3) is 7.72. The summed E-state index contributed by atoms with van der Waals surface area (Å²) in [5.74, 6) is 1.76. The summed E-state index contributed by atoms with van der Waals surface area (Å²) in [6, 6.07) is 81.7. The summed E-state index contributed by atoms with van der Waals surface area (Å²) >= 11 is 0. The molecule has 6 nitrogen and oxygen atoms in total. The standard InChI is InChI=1S/C62H48N4O2/c1-3-19-45(20-4-1)41-67-59-33-17-9-25-49(59)39-63-43-65(55-31-15-13-29-53(55)63)57-37-35-47-23-7-11-27-51(47)61(57)62-52-28-12-8-24-48(52)36-38-58(62)66-44-64(54-30-14-16-32-56(54)66)40-50-26-10-18-34-60(50)68-42-46-21-5-2-6-22-46/h1-38,43-44H,39-42H2/q+2. The number of nitrogens with zero attached hydrogens (tertiary/aromatic N) is 4. The predicted octanol–water partition coefficient (Wildman–Crippen LogP) is 13.4. The van der Waals surface area contributed by atoms with Crippen LogP contribution in [0.5, 0.6) is 11.5 Å². The summed E-state index contributed by atoms with van der Waals surface area (Å²) in [6.07, 6.45) is 4.54. The van der Waals surface area contributed by atoms with Crippen molar-refractivity contribution in [3.8, 4) is 34.0 Å². The lowest BCUT2D eigenvalue weighted by Crippen LogP contribution is -2.33. The van der Waals surface area contributed by atoms with E-state index in [1.165, 1.54) is 32.7 Å². The Kier molecular flexibility index (Phi) is 10.7. The number of hydrogen-bond acceptors (Lipinski definition) is 2. The highest BCUT2D eigenvalue weighted by Crippen LogP contribution is 2.43. The van der Waals surface area contributed by atoms with Crippen LogP contribution in [0.15, 0.2) is 243 Å². The Balaban J connectivity index is 1.02. The molecule has 6 heteroatoms. The summed E-state index contributed by atoms with van der Waals surface area (Å²) in [7, 11) is 0. The van der Waals surface area contributed by atoms with Crippen LogP contribution in [0.3, 0.4) is 0 Å². The van der Waals surface area contributed by atoms with E-state index in [1.807, 2.05) is 12.1 Å². The number of fused-ring (bicyclic) bond motifs is 4. The van der Waals surface area contributed by atoms with Crippen LogP contribution in [0.4, 0.5) is 0 Å². The lowest BCUT2D eigenvalue weighted by atomic mass is 9.90. The second-order valence-electron chi connectivity index (χ2n) is 17.3. The first kappa shape index (κ1) is 40.7. The maximum atomic E-state index is 6.49. The van der Waals surface area contributed by atoms with Gasteiger partial charge in [-0.15, -0.1) is 0 Å². The first-order chi connectivity index (χ1) is 33.7. The van der Waals surface area contributed by atoms with Gasteiger partial charge in [-0.1, -0.05) is 182 Å². The van der Waals surface area contributed by atoms with Crippen molar-refractivity contribution in [3.63, 3.8) is 0 Å². The van der Waals surface area contributed by atoms with Crippen molar-refractivity contribution >= 4 is 43.6 Å². The van der Waals surface area contributed by atoms with E-state index in [4.69, 9.17) is 9.47 Å². The molecule has 0 atom stereocenters. The summed E-state index contributed by atoms with van der Waals surface area (Å²) in [4.78, 5) is 0. The molecule has 12 aromatic rings. The van der Waals surface area contributed by atoms with Crippen molar-refractivity contribution in [2.24, 2.45) is 0 Å². The first-order valence-electron chi connectivity index (χ1n) is 23.3. The highest BCUT2D eigenvalue weighted by atomic mass is 16.5. The third-order valence-electron chi connectivity index (χ3n) is 13.1. The van der Waals surface area contributed by atoms with Crippen molar-refractivity contribution in [1.29, 1.82) is 0 Å². The van der Waals surface area contributed by atoms with Gasteiger partial charge in [-0.3, -0.25) is 0 Å². The van der Waals surface area contributed by atoms with Gasteiger partial charge in [-0.05, 0) is 81.2 Å². The number of imidazole rings is 2. The fourth-order valence-electron chi connectivity index (χ4n) is 9.82. The predicted molar refractivity (Wildman–Crippen MR) is 274 cm³/mol. The maximum absolute atomic E-state index is 6.49. The molecule has 0 radical (unpaired) electrons. The SMILES string of the molecule is c1ccc(COc2ccccc2C[n+]2cn(-c3ccc4ccccc4c3-c3c(-n4c[n+](Cc5ccccc5OCc5ccccc5)c5ccccc54)ccc4ccccc34)c3ccccc32)cc1. The molecule has 0 N–H and O–H groups in total.